The number of nitrogens with one attached hydrogen (secondary N) is 1. The van der Waals surface area contributed by atoms with Crippen LogP contribution in [0.3, 0.4) is 0 Å². The minimum atomic E-state index is -0.272. The summed E-state index contributed by atoms with van der Waals surface area (Å²) in [5.74, 6) is 1.94. The van der Waals surface area contributed by atoms with E-state index in [1.807, 2.05) is 18.2 Å². The van der Waals surface area contributed by atoms with E-state index in [0.717, 1.165) is 24.5 Å². The van der Waals surface area contributed by atoms with E-state index in [2.05, 4.69) is 17.4 Å². The molecule has 0 bridgehead atoms. The van der Waals surface area contributed by atoms with E-state index < -0.39 is 0 Å². The molecular formula is C20H21ClFNO2. The molecule has 0 aliphatic carbocycles. The predicted molar refractivity (Wildman–Crippen MR) is 99.8 cm³/mol. The number of benzene rings is 2. The van der Waals surface area contributed by atoms with Gasteiger partial charge in [-0.1, -0.05) is 24.3 Å². The summed E-state index contributed by atoms with van der Waals surface area (Å²) in [6.07, 6.45) is 0.922. The van der Waals surface area contributed by atoms with Gasteiger partial charge >= 0.3 is 0 Å². The number of hydrogen-bond donors (Lipinski definition) is 1. The molecule has 5 heteroatoms. The van der Waals surface area contributed by atoms with E-state index >= 15 is 0 Å². The Balaban J connectivity index is 0.00000225. The first-order chi connectivity index (χ1) is 11.8. The predicted octanol–water partition coefficient (Wildman–Crippen LogP) is 4.85. The van der Waals surface area contributed by atoms with Crippen LogP contribution in [0.25, 0.3) is 11.3 Å². The lowest BCUT2D eigenvalue weighted by molar-refractivity contribution is 0.414. The largest absolute Gasteiger partial charge is 0.497 e. The highest BCUT2D eigenvalue weighted by molar-refractivity contribution is 5.85. The number of rotatable bonds is 7. The molecule has 0 saturated carbocycles. The van der Waals surface area contributed by atoms with Crippen LogP contribution in [0, 0.1) is 5.82 Å². The second kappa shape index (κ2) is 9.25. The molecule has 0 amide bonds. The van der Waals surface area contributed by atoms with Crippen molar-refractivity contribution in [2.24, 2.45) is 0 Å². The summed E-state index contributed by atoms with van der Waals surface area (Å²) in [5, 5.41) is 3.34. The summed E-state index contributed by atoms with van der Waals surface area (Å²) in [6.45, 7) is 1.45. The summed E-state index contributed by atoms with van der Waals surface area (Å²) in [6, 6.07) is 18.3. The Bertz CT molecular complexity index is 786. The normalized spacial score (nSPS) is 10.3. The van der Waals surface area contributed by atoms with Crippen LogP contribution < -0.4 is 10.1 Å². The second-order valence-electron chi connectivity index (χ2n) is 5.52. The molecule has 3 nitrogen and oxygen atoms in total. The molecule has 0 fully saturated rings. The van der Waals surface area contributed by atoms with Gasteiger partial charge in [-0.05, 0) is 54.9 Å². The highest BCUT2D eigenvalue weighted by Crippen LogP contribution is 2.24. The van der Waals surface area contributed by atoms with Gasteiger partial charge in [0.15, 0.2) is 0 Å². The van der Waals surface area contributed by atoms with Crippen molar-refractivity contribution in [1.82, 2.24) is 5.32 Å². The van der Waals surface area contributed by atoms with Gasteiger partial charge in [0.1, 0.15) is 23.1 Å². The number of ether oxygens (including phenoxy) is 1. The van der Waals surface area contributed by atoms with Gasteiger partial charge in [0, 0.05) is 0 Å². The zero-order chi connectivity index (χ0) is 16.8. The molecule has 2 aromatic carbocycles. The zero-order valence-electron chi connectivity index (χ0n) is 14.0. The first kappa shape index (κ1) is 19.0. The van der Waals surface area contributed by atoms with Crippen molar-refractivity contribution >= 4 is 12.4 Å². The molecule has 25 heavy (non-hydrogen) atoms. The van der Waals surface area contributed by atoms with Crippen LogP contribution in [0.15, 0.2) is 65.1 Å². The number of furan rings is 1. The number of halogens is 2. The van der Waals surface area contributed by atoms with Crippen LogP contribution in [0.1, 0.15) is 11.3 Å². The van der Waals surface area contributed by atoms with E-state index in [4.69, 9.17) is 9.15 Å². The van der Waals surface area contributed by atoms with Crippen LogP contribution in [0.4, 0.5) is 4.39 Å². The second-order valence-corrected chi connectivity index (χ2v) is 5.52. The lowest BCUT2D eigenvalue weighted by atomic mass is 10.1. The van der Waals surface area contributed by atoms with E-state index in [0.29, 0.717) is 17.9 Å². The highest BCUT2D eigenvalue weighted by Gasteiger charge is 2.08. The molecule has 3 aromatic rings. The van der Waals surface area contributed by atoms with E-state index in [1.54, 1.807) is 31.4 Å². The SMILES string of the molecule is COc1ccc(CCNCc2ccc(-c3ccccc3F)o2)cc1.Cl. The third-order valence-electron chi connectivity index (χ3n) is 3.85. The molecule has 1 heterocycles. The monoisotopic (exact) mass is 361 g/mol. The fourth-order valence-electron chi connectivity index (χ4n) is 2.52. The molecular weight excluding hydrogens is 341 g/mol. The maximum absolute atomic E-state index is 13.7. The van der Waals surface area contributed by atoms with Crippen molar-refractivity contribution in [3.63, 3.8) is 0 Å². The van der Waals surface area contributed by atoms with Crippen LogP contribution in [0.2, 0.25) is 0 Å². The third-order valence-corrected chi connectivity index (χ3v) is 3.85. The number of hydrogen-bond acceptors (Lipinski definition) is 3. The van der Waals surface area contributed by atoms with Crippen LogP contribution >= 0.6 is 12.4 Å². The van der Waals surface area contributed by atoms with Gasteiger partial charge < -0.3 is 14.5 Å². The van der Waals surface area contributed by atoms with Crippen molar-refractivity contribution in [3.05, 3.63) is 77.8 Å². The van der Waals surface area contributed by atoms with Crippen molar-refractivity contribution in [1.29, 1.82) is 0 Å². The molecule has 0 radical (unpaired) electrons. The lowest BCUT2D eigenvalue weighted by Gasteiger charge is -2.05. The maximum atomic E-state index is 13.7. The fraction of sp³-hybridized carbons (Fsp3) is 0.200. The lowest BCUT2D eigenvalue weighted by Crippen LogP contribution is -2.16. The van der Waals surface area contributed by atoms with E-state index in [9.17, 15) is 4.39 Å². The van der Waals surface area contributed by atoms with Gasteiger partial charge in [0.2, 0.25) is 0 Å². The summed E-state index contributed by atoms with van der Waals surface area (Å²) in [7, 11) is 1.66. The zero-order valence-corrected chi connectivity index (χ0v) is 14.8. The van der Waals surface area contributed by atoms with E-state index in [1.165, 1.54) is 11.6 Å². The average molecular weight is 362 g/mol. The van der Waals surface area contributed by atoms with Gasteiger partial charge in [0.25, 0.3) is 0 Å². The van der Waals surface area contributed by atoms with E-state index in [-0.39, 0.29) is 18.2 Å². The van der Waals surface area contributed by atoms with Crippen LogP contribution in [0.5, 0.6) is 5.75 Å². The molecule has 0 unspecified atom stereocenters. The molecule has 0 aliphatic heterocycles. The van der Waals surface area contributed by atoms with Gasteiger partial charge in [-0.2, -0.15) is 0 Å². The third kappa shape index (κ3) is 5.08. The summed E-state index contributed by atoms with van der Waals surface area (Å²) >= 11 is 0. The summed E-state index contributed by atoms with van der Waals surface area (Å²) in [5.41, 5.74) is 1.73. The smallest absolute Gasteiger partial charge is 0.137 e. The van der Waals surface area contributed by atoms with Crippen molar-refractivity contribution < 1.29 is 13.5 Å². The first-order valence-corrected chi connectivity index (χ1v) is 7.93. The molecule has 1 N–H and O–H groups in total. The van der Waals surface area contributed by atoms with Gasteiger partial charge in [-0.25, -0.2) is 4.39 Å². The van der Waals surface area contributed by atoms with Crippen LogP contribution in [-0.4, -0.2) is 13.7 Å². The molecule has 0 spiro atoms. The van der Waals surface area contributed by atoms with Crippen molar-refractivity contribution in [3.8, 4) is 17.1 Å². The van der Waals surface area contributed by atoms with Crippen molar-refractivity contribution in [2.45, 2.75) is 13.0 Å². The minimum absolute atomic E-state index is 0. The molecule has 0 aliphatic rings. The molecule has 3 rings (SSSR count). The summed E-state index contributed by atoms with van der Waals surface area (Å²) in [4.78, 5) is 0. The Hall–Kier alpha value is -2.30. The van der Waals surface area contributed by atoms with Gasteiger partial charge in [0.05, 0.1) is 19.2 Å². The Morgan fingerprint density at radius 3 is 2.48 bits per heavy atom. The number of methoxy groups -OCH3 is 1. The Kier molecular flexibility index (Phi) is 7.04. The molecule has 1 aromatic heterocycles. The van der Waals surface area contributed by atoms with Gasteiger partial charge in [-0.3, -0.25) is 0 Å². The fourth-order valence-corrected chi connectivity index (χ4v) is 2.52. The standard InChI is InChI=1S/C20H20FNO2.ClH/c1-23-16-8-6-15(7-9-16)12-13-22-14-17-10-11-20(24-17)18-4-2-3-5-19(18)21;/h2-11,22H,12-14H2,1H3;1H. The Labute approximate surface area is 153 Å². The highest BCUT2D eigenvalue weighted by atomic mass is 35.5. The minimum Gasteiger partial charge on any atom is -0.497 e. The Morgan fingerprint density at radius 1 is 1.00 bits per heavy atom. The van der Waals surface area contributed by atoms with Crippen LogP contribution in [-0.2, 0) is 13.0 Å². The topological polar surface area (TPSA) is 34.4 Å². The molecule has 0 atom stereocenters. The maximum Gasteiger partial charge on any atom is 0.137 e. The molecule has 0 saturated heterocycles. The Morgan fingerprint density at radius 2 is 1.76 bits per heavy atom. The molecule has 132 valence electrons. The van der Waals surface area contributed by atoms with Gasteiger partial charge in [-0.15, -0.1) is 12.4 Å². The average Bonchev–Trinajstić information content (AvgIpc) is 3.08. The van der Waals surface area contributed by atoms with Crippen molar-refractivity contribution in [2.75, 3.05) is 13.7 Å². The first-order valence-electron chi connectivity index (χ1n) is 7.93. The quantitative estimate of drug-likeness (QED) is 0.611. The summed E-state index contributed by atoms with van der Waals surface area (Å²) < 4.78 is 24.6.